The second-order valence-electron chi connectivity index (χ2n) is 4.28. The molecule has 0 aliphatic rings. The van der Waals surface area contributed by atoms with Crippen LogP contribution < -0.4 is 10.0 Å². The number of rotatable bonds is 6. The molecule has 0 spiro atoms. The summed E-state index contributed by atoms with van der Waals surface area (Å²) in [4.78, 5) is 0. The van der Waals surface area contributed by atoms with Gasteiger partial charge in [0.25, 0.3) is 0 Å². The van der Waals surface area contributed by atoms with Crippen molar-refractivity contribution in [2.24, 2.45) is 0 Å². The van der Waals surface area contributed by atoms with Gasteiger partial charge in [0.05, 0.1) is 15.9 Å². The van der Waals surface area contributed by atoms with Crippen molar-refractivity contribution in [2.75, 3.05) is 17.0 Å². The molecule has 1 aromatic carbocycles. The van der Waals surface area contributed by atoms with Gasteiger partial charge >= 0.3 is 0 Å². The zero-order chi connectivity index (χ0) is 14.6. The second-order valence-corrected chi connectivity index (χ2v) is 6.97. The summed E-state index contributed by atoms with van der Waals surface area (Å²) < 4.78 is 52.0. The van der Waals surface area contributed by atoms with Crippen LogP contribution in [-0.4, -0.2) is 26.8 Å². The lowest BCUT2D eigenvalue weighted by molar-refractivity contribution is 0.579. The summed E-state index contributed by atoms with van der Waals surface area (Å²) in [5.74, 6) is -1.80. The lowest BCUT2D eigenvalue weighted by atomic mass is 10.3. The zero-order valence-corrected chi connectivity index (χ0v) is 12.9. The summed E-state index contributed by atoms with van der Waals surface area (Å²) in [6, 6.07) is 1.82. The molecule has 0 atom stereocenters. The second kappa shape index (κ2) is 6.62. The molecule has 108 valence electrons. The Labute approximate surface area is 119 Å². The zero-order valence-electron chi connectivity index (χ0n) is 10.5. The van der Waals surface area contributed by atoms with E-state index in [-0.39, 0.29) is 22.8 Å². The third-order valence-corrected chi connectivity index (χ3v) is 4.08. The van der Waals surface area contributed by atoms with E-state index in [1.54, 1.807) is 0 Å². The van der Waals surface area contributed by atoms with E-state index < -0.39 is 27.3 Å². The molecule has 0 amide bonds. The van der Waals surface area contributed by atoms with Crippen LogP contribution in [0.4, 0.5) is 14.5 Å². The highest BCUT2D eigenvalue weighted by molar-refractivity contribution is 9.10. The van der Waals surface area contributed by atoms with Crippen LogP contribution in [0.25, 0.3) is 0 Å². The van der Waals surface area contributed by atoms with E-state index in [1.165, 1.54) is 0 Å². The molecule has 0 aliphatic heterocycles. The first-order valence-electron chi connectivity index (χ1n) is 5.59. The Morgan fingerprint density at radius 3 is 2.47 bits per heavy atom. The van der Waals surface area contributed by atoms with Gasteiger partial charge < -0.3 is 5.32 Å². The molecule has 0 saturated heterocycles. The van der Waals surface area contributed by atoms with Crippen molar-refractivity contribution in [1.29, 1.82) is 0 Å². The van der Waals surface area contributed by atoms with Crippen molar-refractivity contribution < 1.29 is 17.2 Å². The third-order valence-electron chi connectivity index (χ3n) is 2.20. The van der Waals surface area contributed by atoms with Crippen molar-refractivity contribution >= 4 is 31.6 Å². The van der Waals surface area contributed by atoms with E-state index in [1.807, 2.05) is 18.6 Å². The molecule has 19 heavy (non-hydrogen) atoms. The Hall–Kier alpha value is -0.730. The molecule has 0 saturated carbocycles. The predicted molar refractivity (Wildman–Crippen MR) is 74.6 cm³/mol. The molecule has 8 heteroatoms. The van der Waals surface area contributed by atoms with Gasteiger partial charge in [-0.1, -0.05) is 13.8 Å². The highest BCUT2D eigenvalue weighted by Gasteiger charge is 2.15. The summed E-state index contributed by atoms with van der Waals surface area (Å²) in [7, 11) is -3.72. The maximum absolute atomic E-state index is 13.5. The highest BCUT2D eigenvalue weighted by atomic mass is 79.9. The van der Waals surface area contributed by atoms with Gasteiger partial charge in [-0.2, -0.15) is 0 Å². The van der Waals surface area contributed by atoms with Crippen LogP contribution in [0.1, 0.15) is 13.8 Å². The number of sulfonamides is 1. The molecule has 4 nitrogen and oxygen atoms in total. The maximum atomic E-state index is 13.5. The van der Waals surface area contributed by atoms with Crippen LogP contribution in [0.3, 0.4) is 0 Å². The van der Waals surface area contributed by atoms with Crippen LogP contribution in [0.15, 0.2) is 16.6 Å². The minimum Gasteiger partial charge on any atom is -0.313 e. The Morgan fingerprint density at radius 1 is 1.26 bits per heavy atom. The molecular formula is C11H15BrF2N2O2S. The highest BCUT2D eigenvalue weighted by Crippen LogP contribution is 2.24. The Bertz CT molecular complexity index is 550. The summed E-state index contributed by atoms with van der Waals surface area (Å²) in [5, 5.41) is 2.93. The van der Waals surface area contributed by atoms with Gasteiger partial charge in [0.1, 0.15) is 11.6 Å². The van der Waals surface area contributed by atoms with Crippen molar-refractivity contribution in [3.63, 3.8) is 0 Å². The maximum Gasteiger partial charge on any atom is 0.234 e. The van der Waals surface area contributed by atoms with Gasteiger partial charge in [0.2, 0.25) is 10.0 Å². The number of anilines is 1. The normalized spacial score (nSPS) is 11.9. The third kappa shape index (κ3) is 5.42. The molecule has 0 aliphatic carbocycles. The standard InChI is InChI=1S/C11H15BrF2N2O2S/c1-7(2)15-3-4-19(17,18)16-11-6-9(13)8(12)5-10(11)14/h5-7,15-16H,3-4H2,1-2H3. The molecule has 0 heterocycles. The first kappa shape index (κ1) is 16.3. The van der Waals surface area contributed by atoms with Gasteiger partial charge in [-0.15, -0.1) is 0 Å². The molecule has 2 N–H and O–H groups in total. The topological polar surface area (TPSA) is 58.2 Å². The van der Waals surface area contributed by atoms with Crippen molar-refractivity contribution in [3.05, 3.63) is 28.2 Å². The summed E-state index contributed by atoms with van der Waals surface area (Å²) in [5.41, 5.74) is -0.398. The first-order chi connectivity index (χ1) is 8.71. The molecule has 1 rings (SSSR count). The van der Waals surface area contributed by atoms with E-state index in [9.17, 15) is 17.2 Å². The molecule has 0 radical (unpaired) electrons. The lowest BCUT2D eigenvalue weighted by Gasteiger charge is -2.11. The fourth-order valence-electron chi connectivity index (χ4n) is 1.30. The fourth-order valence-corrected chi connectivity index (χ4v) is 2.60. The van der Waals surface area contributed by atoms with Gasteiger partial charge in [-0.25, -0.2) is 17.2 Å². The average molecular weight is 357 g/mol. The SMILES string of the molecule is CC(C)NCCS(=O)(=O)Nc1cc(F)c(Br)cc1F. The number of nitrogens with one attached hydrogen (secondary N) is 2. The van der Waals surface area contributed by atoms with Crippen LogP contribution in [0, 0.1) is 11.6 Å². The van der Waals surface area contributed by atoms with E-state index in [0.29, 0.717) is 0 Å². The van der Waals surface area contributed by atoms with Gasteiger partial charge in [-0.05, 0) is 22.0 Å². The van der Waals surface area contributed by atoms with E-state index in [0.717, 1.165) is 12.1 Å². The molecule has 1 aromatic rings. The van der Waals surface area contributed by atoms with Crippen LogP contribution in [-0.2, 0) is 10.0 Å². The van der Waals surface area contributed by atoms with Crippen LogP contribution >= 0.6 is 15.9 Å². The smallest absolute Gasteiger partial charge is 0.234 e. The van der Waals surface area contributed by atoms with Crippen molar-refractivity contribution in [2.45, 2.75) is 19.9 Å². The quantitative estimate of drug-likeness (QED) is 0.769. The minimum absolute atomic E-state index is 0.0607. The first-order valence-corrected chi connectivity index (χ1v) is 8.04. The molecule has 0 bridgehead atoms. The molecule has 0 fully saturated rings. The monoisotopic (exact) mass is 356 g/mol. The molecule has 0 unspecified atom stereocenters. The van der Waals surface area contributed by atoms with E-state index >= 15 is 0 Å². The minimum atomic E-state index is -3.72. The number of halogens is 3. The molecular weight excluding hydrogens is 342 g/mol. The van der Waals surface area contributed by atoms with E-state index in [2.05, 4.69) is 21.2 Å². The van der Waals surface area contributed by atoms with Gasteiger partial charge in [-0.3, -0.25) is 4.72 Å². The number of hydrogen-bond donors (Lipinski definition) is 2. The average Bonchev–Trinajstić information content (AvgIpc) is 2.24. The van der Waals surface area contributed by atoms with Crippen molar-refractivity contribution in [1.82, 2.24) is 5.32 Å². The summed E-state index contributed by atoms with van der Waals surface area (Å²) >= 11 is 2.82. The Morgan fingerprint density at radius 2 is 1.89 bits per heavy atom. The largest absolute Gasteiger partial charge is 0.313 e. The van der Waals surface area contributed by atoms with Crippen LogP contribution in [0.2, 0.25) is 0 Å². The number of hydrogen-bond acceptors (Lipinski definition) is 3. The summed E-state index contributed by atoms with van der Waals surface area (Å²) in [6.45, 7) is 3.99. The van der Waals surface area contributed by atoms with Gasteiger partial charge in [0, 0.05) is 18.7 Å². The Kier molecular flexibility index (Phi) is 5.69. The molecule has 0 aromatic heterocycles. The van der Waals surface area contributed by atoms with Crippen molar-refractivity contribution in [3.8, 4) is 0 Å². The van der Waals surface area contributed by atoms with E-state index in [4.69, 9.17) is 0 Å². The van der Waals surface area contributed by atoms with Crippen LogP contribution in [0.5, 0.6) is 0 Å². The fraction of sp³-hybridized carbons (Fsp3) is 0.455. The number of benzene rings is 1. The Balaban J connectivity index is 2.76. The summed E-state index contributed by atoms with van der Waals surface area (Å²) in [6.07, 6.45) is 0. The van der Waals surface area contributed by atoms with Gasteiger partial charge in [0.15, 0.2) is 0 Å². The predicted octanol–water partition coefficient (Wildman–Crippen LogP) is 2.47. The lowest BCUT2D eigenvalue weighted by Crippen LogP contribution is -2.31.